The van der Waals surface area contributed by atoms with Gasteiger partial charge >= 0.3 is 6.18 Å². The summed E-state index contributed by atoms with van der Waals surface area (Å²) in [6.07, 6.45) is 1.59. The van der Waals surface area contributed by atoms with Crippen molar-refractivity contribution >= 4 is 33.3 Å². The number of rotatable bonds is 6. The van der Waals surface area contributed by atoms with E-state index in [0.29, 0.717) is 38.4 Å². The van der Waals surface area contributed by atoms with Crippen LogP contribution in [0.2, 0.25) is 0 Å². The molecule has 2 aliphatic rings. The lowest BCUT2D eigenvalue weighted by molar-refractivity contribution is -0.137. The van der Waals surface area contributed by atoms with E-state index in [4.69, 9.17) is 0 Å². The number of halogens is 3. The monoisotopic (exact) mass is 419 g/mol. The Balaban J connectivity index is 1.38. The van der Waals surface area contributed by atoms with Crippen LogP contribution in [-0.4, -0.2) is 53.0 Å². The van der Waals surface area contributed by atoms with Gasteiger partial charge in [-0.25, -0.2) is 4.98 Å². The summed E-state index contributed by atoms with van der Waals surface area (Å²) in [5, 5.41) is 0.755. The van der Waals surface area contributed by atoms with E-state index in [1.54, 1.807) is 0 Å². The predicted octanol–water partition coefficient (Wildman–Crippen LogP) is 4.46. The molecule has 4 nitrogen and oxygen atoms in total. The highest BCUT2D eigenvalue weighted by molar-refractivity contribution is 8.77. The van der Waals surface area contributed by atoms with E-state index in [2.05, 4.69) is 4.98 Å². The first-order valence-corrected chi connectivity index (χ1v) is 11.7. The third kappa shape index (κ3) is 5.94. The molecular weight excluding hydrogens is 395 g/mol. The highest BCUT2D eigenvalue weighted by Crippen LogP contribution is 2.39. The summed E-state index contributed by atoms with van der Waals surface area (Å²) in [5.41, 5.74) is -0.741. The number of hydrogen-bond donors (Lipinski definition) is 0. The van der Waals surface area contributed by atoms with Gasteiger partial charge in [-0.05, 0) is 31.4 Å². The van der Waals surface area contributed by atoms with Crippen molar-refractivity contribution in [2.75, 3.05) is 36.8 Å². The summed E-state index contributed by atoms with van der Waals surface area (Å²) in [6.45, 7) is 2.38. The van der Waals surface area contributed by atoms with Crippen LogP contribution in [0.1, 0.15) is 37.7 Å². The van der Waals surface area contributed by atoms with Crippen molar-refractivity contribution < 1.29 is 18.0 Å². The fourth-order valence-corrected chi connectivity index (χ4v) is 6.32. The Kier molecular flexibility index (Phi) is 7.19. The molecule has 3 rings (SSSR count). The molecule has 3 heterocycles. The van der Waals surface area contributed by atoms with Crippen LogP contribution >= 0.6 is 21.6 Å². The number of hydrogen-bond acceptors (Lipinski definition) is 5. The van der Waals surface area contributed by atoms with Gasteiger partial charge in [-0.3, -0.25) is 4.79 Å². The highest BCUT2D eigenvalue weighted by Gasteiger charge is 2.31. The molecule has 1 unspecified atom stereocenters. The van der Waals surface area contributed by atoms with Crippen LogP contribution < -0.4 is 4.90 Å². The van der Waals surface area contributed by atoms with Gasteiger partial charge in [-0.2, -0.15) is 13.2 Å². The number of pyridine rings is 1. The van der Waals surface area contributed by atoms with E-state index in [1.807, 2.05) is 31.4 Å². The standard InChI is InChI=1S/C18H24F3N3OS2/c19-18(20,21)14-5-6-16(22-13-14)23-8-10-24(11-9-23)17(25)4-2-1-3-15-7-12-26-27-15/h5-6,13,15H,1-4,7-12H2. The third-order valence-electron chi connectivity index (χ3n) is 4.93. The number of carbonyl (C=O) groups excluding carboxylic acids is 1. The van der Waals surface area contributed by atoms with Gasteiger partial charge in [0.25, 0.3) is 0 Å². The van der Waals surface area contributed by atoms with Crippen LogP contribution in [0.5, 0.6) is 0 Å². The highest BCUT2D eigenvalue weighted by atomic mass is 33.1. The zero-order chi connectivity index (χ0) is 19.3. The van der Waals surface area contributed by atoms with Crippen molar-refractivity contribution in [1.29, 1.82) is 0 Å². The molecule has 1 atom stereocenters. The third-order valence-corrected chi connectivity index (χ3v) is 7.93. The molecule has 0 aliphatic carbocycles. The van der Waals surface area contributed by atoms with Gasteiger partial charge in [0, 0.05) is 49.8 Å². The molecule has 0 saturated carbocycles. The minimum atomic E-state index is -4.37. The Morgan fingerprint density at radius 1 is 1.19 bits per heavy atom. The second-order valence-electron chi connectivity index (χ2n) is 6.85. The van der Waals surface area contributed by atoms with Crippen LogP contribution in [0.25, 0.3) is 0 Å². The zero-order valence-electron chi connectivity index (χ0n) is 15.1. The lowest BCUT2D eigenvalue weighted by atomic mass is 10.1. The van der Waals surface area contributed by atoms with Crippen molar-refractivity contribution in [3.05, 3.63) is 23.9 Å². The number of aromatic nitrogens is 1. The summed E-state index contributed by atoms with van der Waals surface area (Å²) in [6, 6.07) is 2.46. The van der Waals surface area contributed by atoms with Gasteiger partial charge < -0.3 is 9.80 Å². The van der Waals surface area contributed by atoms with Crippen LogP contribution in [-0.2, 0) is 11.0 Å². The van der Waals surface area contributed by atoms with E-state index < -0.39 is 11.7 Å². The topological polar surface area (TPSA) is 36.4 Å². The Morgan fingerprint density at radius 2 is 1.96 bits per heavy atom. The molecule has 0 radical (unpaired) electrons. The molecule has 27 heavy (non-hydrogen) atoms. The number of anilines is 1. The number of alkyl halides is 3. The molecule has 1 amide bonds. The first-order valence-electron chi connectivity index (χ1n) is 9.28. The quantitative estimate of drug-likeness (QED) is 0.503. The lowest BCUT2D eigenvalue weighted by Crippen LogP contribution is -2.49. The van der Waals surface area contributed by atoms with Gasteiger partial charge in [0.2, 0.25) is 5.91 Å². The second-order valence-corrected chi connectivity index (χ2v) is 9.63. The van der Waals surface area contributed by atoms with Crippen molar-refractivity contribution in [3.8, 4) is 0 Å². The summed E-state index contributed by atoms with van der Waals surface area (Å²) in [4.78, 5) is 20.1. The summed E-state index contributed by atoms with van der Waals surface area (Å²) in [5.74, 6) is 1.96. The molecular formula is C18H24F3N3OS2. The largest absolute Gasteiger partial charge is 0.417 e. The average molecular weight is 420 g/mol. The van der Waals surface area contributed by atoms with Gasteiger partial charge in [-0.15, -0.1) is 0 Å². The first kappa shape index (κ1) is 20.6. The molecule has 0 spiro atoms. The average Bonchev–Trinajstić information content (AvgIpc) is 3.18. The maximum absolute atomic E-state index is 12.6. The first-order chi connectivity index (χ1) is 12.9. The smallest absolute Gasteiger partial charge is 0.353 e. The van der Waals surface area contributed by atoms with Gasteiger partial charge in [0.05, 0.1) is 5.56 Å². The van der Waals surface area contributed by atoms with Crippen LogP contribution in [0.15, 0.2) is 18.3 Å². The maximum atomic E-state index is 12.6. The maximum Gasteiger partial charge on any atom is 0.417 e. The van der Waals surface area contributed by atoms with E-state index >= 15 is 0 Å². The molecule has 9 heteroatoms. The summed E-state index contributed by atoms with van der Waals surface area (Å²) in [7, 11) is 3.92. The van der Waals surface area contributed by atoms with Crippen LogP contribution in [0.3, 0.4) is 0 Å². The normalized spacial score (nSPS) is 20.9. The zero-order valence-corrected chi connectivity index (χ0v) is 16.7. The molecule has 2 fully saturated rings. The van der Waals surface area contributed by atoms with Gasteiger partial charge in [0.1, 0.15) is 5.82 Å². The molecule has 2 aliphatic heterocycles. The van der Waals surface area contributed by atoms with Crippen molar-refractivity contribution in [2.45, 2.75) is 43.5 Å². The molecule has 150 valence electrons. The Hall–Kier alpha value is -1.09. The molecule has 1 aromatic heterocycles. The Bertz CT molecular complexity index is 613. The molecule has 0 aromatic carbocycles. The van der Waals surface area contributed by atoms with E-state index in [1.165, 1.54) is 24.7 Å². The lowest BCUT2D eigenvalue weighted by Gasteiger charge is -2.35. The van der Waals surface area contributed by atoms with Crippen molar-refractivity contribution in [2.24, 2.45) is 0 Å². The number of piperazine rings is 1. The van der Waals surface area contributed by atoms with E-state index in [0.717, 1.165) is 30.4 Å². The number of amides is 1. The molecule has 0 bridgehead atoms. The number of nitrogens with zero attached hydrogens (tertiary/aromatic N) is 3. The number of unbranched alkanes of at least 4 members (excludes halogenated alkanes) is 1. The predicted molar refractivity (Wildman–Crippen MR) is 105 cm³/mol. The van der Waals surface area contributed by atoms with Gasteiger partial charge in [0.15, 0.2) is 0 Å². The van der Waals surface area contributed by atoms with Crippen LogP contribution in [0.4, 0.5) is 19.0 Å². The minimum absolute atomic E-state index is 0.184. The Morgan fingerprint density at radius 3 is 2.56 bits per heavy atom. The van der Waals surface area contributed by atoms with E-state index in [9.17, 15) is 18.0 Å². The molecule has 2 saturated heterocycles. The second kappa shape index (κ2) is 9.41. The van der Waals surface area contributed by atoms with Crippen molar-refractivity contribution in [1.82, 2.24) is 9.88 Å². The molecule has 1 aromatic rings. The van der Waals surface area contributed by atoms with Crippen LogP contribution in [0, 0.1) is 0 Å². The Labute approximate surface area is 165 Å². The SMILES string of the molecule is O=C(CCCCC1CCSS1)N1CCN(c2ccc(C(F)(F)F)cn2)CC1. The number of carbonyl (C=O) groups is 1. The fourth-order valence-electron chi connectivity index (χ4n) is 3.30. The molecule has 0 N–H and O–H groups in total. The van der Waals surface area contributed by atoms with Gasteiger partial charge in [-0.1, -0.05) is 28.0 Å². The van der Waals surface area contributed by atoms with E-state index in [-0.39, 0.29) is 5.91 Å². The fraction of sp³-hybridized carbons (Fsp3) is 0.667. The van der Waals surface area contributed by atoms with Crippen molar-refractivity contribution in [3.63, 3.8) is 0 Å². The minimum Gasteiger partial charge on any atom is -0.353 e. The summed E-state index contributed by atoms with van der Waals surface area (Å²) >= 11 is 0. The summed E-state index contributed by atoms with van der Waals surface area (Å²) < 4.78 is 37.9.